The number of benzene rings is 3. The van der Waals surface area contributed by atoms with E-state index in [-0.39, 0.29) is 5.41 Å². The minimum atomic E-state index is -4.66. The van der Waals surface area contributed by atoms with Gasteiger partial charge in [0.25, 0.3) is 0 Å². The van der Waals surface area contributed by atoms with Crippen molar-refractivity contribution in [2.45, 2.75) is 32.6 Å². The fourth-order valence-electron chi connectivity index (χ4n) is 5.54. The average Bonchev–Trinajstić information content (AvgIpc) is 3.15. The number of hydrogen-bond acceptors (Lipinski definition) is 5. The van der Waals surface area contributed by atoms with Crippen LogP contribution in [0.25, 0.3) is 4.91 Å². The molecule has 0 saturated carbocycles. The van der Waals surface area contributed by atoms with E-state index in [2.05, 4.69) is 69.1 Å². The van der Waals surface area contributed by atoms with Crippen molar-refractivity contribution in [2.24, 2.45) is 0 Å². The molecule has 40 heavy (non-hydrogen) atoms. The standard InChI is InChI=1S/C33H32ClNO4S/c1-5-25(32-33(2,3)28-18-12-13-19-29(28)35(32)4)21-20-24-22-30(26-14-8-6-9-15-26)40(39-34(36,37)38)31(23-24)27-16-10-7-11-17-27/h6-23H,5H2,1-4H3. The number of rotatable bonds is 7. The Balaban J connectivity index is 1.66. The summed E-state index contributed by atoms with van der Waals surface area (Å²) < 4.78 is 40.7. The third-order valence-corrected chi connectivity index (χ3v) is 9.91. The van der Waals surface area contributed by atoms with Gasteiger partial charge >= 0.3 is 0 Å². The summed E-state index contributed by atoms with van der Waals surface area (Å²) in [6, 6.07) is 27.4. The Morgan fingerprint density at radius 3 is 2.08 bits per heavy atom. The molecule has 2 aliphatic heterocycles. The summed E-state index contributed by atoms with van der Waals surface area (Å²) in [4.78, 5) is 3.54. The molecule has 0 aromatic heterocycles. The van der Waals surface area contributed by atoms with Crippen molar-refractivity contribution < 1.29 is 28.0 Å². The molecule has 1 atom stereocenters. The third-order valence-electron chi connectivity index (χ3n) is 7.28. The van der Waals surface area contributed by atoms with Gasteiger partial charge in [0.1, 0.15) is 14.5 Å². The Bertz CT molecular complexity index is 1560. The van der Waals surface area contributed by atoms with Gasteiger partial charge in [0.2, 0.25) is 0 Å². The fraction of sp³-hybridized carbons (Fsp3) is 0.182. The summed E-state index contributed by atoms with van der Waals surface area (Å²) in [7, 11) is -3.98. The molecule has 5 rings (SSSR count). The first-order valence-electron chi connectivity index (χ1n) is 13.1. The highest BCUT2D eigenvalue weighted by atomic mass is 35.7. The van der Waals surface area contributed by atoms with Gasteiger partial charge in [0, 0.05) is 23.8 Å². The molecule has 0 fully saturated rings. The van der Waals surface area contributed by atoms with Crippen LogP contribution in [0.1, 0.15) is 43.9 Å². The third kappa shape index (κ3) is 5.65. The highest BCUT2D eigenvalue weighted by Gasteiger charge is 2.39. The van der Waals surface area contributed by atoms with Crippen LogP contribution in [0, 0.1) is 10.2 Å². The van der Waals surface area contributed by atoms with Crippen LogP contribution in [-0.4, -0.2) is 11.9 Å². The molecule has 0 saturated heterocycles. The smallest absolute Gasteiger partial charge is 0.148 e. The zero-order valence-electron chi connectivity index (χ0n) is 23.0. The Morgan fingerprint density at radius 2 is 1.48 bits per heavy atom. The van der Waals surface area contributed by atoms with Crippen molar-refractivity contribution in [3.8, 4) is 0 Å². The van der Waals surface area contributed by atoms with Gasteiger partial charge in [0.05, 0.1) is 20.0 Å². The minimum absolute atomic E-state index is 0.157. The summed E-state index contributed by atoms with van der Waals surface area (Å²) >= 11 is 0. The van der Waals surface area contributed by atoms with Gasteiger partial charge in [-0.3, -0.25) is 0 Å². The Morgan fingerprint density at radius 1 is 0.875 bits per heavy atom. The molecular formula is C33H32ClNO4S. The zero-order valence-corrected chi connectivity index (χ0v) is 24.5. The first kappa shape index (κ1) is 28.3. The maximum absolute atomic E-state index is 11.8. The van der Waals surface area contributed by atoms with Crippen LogP contribution in [-0.2, 0) is 9.15 Å². The van der Waals surface area contributed by atoms with Gasteiger partial charge in [0.15, 0.2) is 0 Å². The van der Waals surface area contributed by atoms with Gasteiger partial charge in [-0.15, -0.1) is 0 Å². The molecule has 7 heteroatoms. The lowest BCUT2D eigenvalue weighted by Crippen LogP contribution is -2.60. The lowest BCUT2D eigenvalue weighted by Gasteiger charge is -2.27. The van der Waals surface area contributed by atoms with Crippen molar-refractivity contribution in [3.05, 3.63) is 143 Å². The van der Waals surface area contributed by atoms with Crippen LogP contribution in [0.2, 0.25) is 0 Å². The van der Waals surface area contributed by atoms with E-state index in [9.17, 15) is 14.0 Å². The molecule has 3 aromatic rings. The first-order valence-corrected chi connectivity index (χ1v) is 15.5. The van der Waals surface area contributed by atoms with Gasteiger partial charge in [-0.25, -0.2) is 0 Å². The molecule has 5 nitrogen and oxygen atoms in total. The van der Waals surface area contributed by atoms with E-state index in [0.29, 0.717) is 9.77 Å². The topological polar surface area (TPSA) is 81.6 Å². The number of hydrogen-bond donors (Lipinski definition) is 0. The number of likely N-dealkylation sites (N-methyl/N-ethyl adjacent to an activating group) is 1. The van der Waals surface area contributed by atoms with Gasteiger partial charge in [-0.2, -0.15) is 14.0 Å². The molecule has 0 radical (unpaired) electrons. The molecule has 0 aliphatic carbocycles. The van der Waals surface area contributed by atoms with Crippen LogP contribution in [0.4, 0.5) is 5.69 Å². The van der Waals surface area contributed by atoms with E-state index in [1.807, 2.05) is 72.8 Å². The molecule has 1 unspecified atom stereocenters. The molecule has 2 heterocycles. The van der Waals surface area contributed by atoms with Crippen LogP contribution in [0.15, 0.2) is 126 Å². The van der Waals surface area contributed by atoms with E-state index in [4.69, 9.17) is 3.74 Å². The highest BCUT2D eigenvalue weighted by molar-refractivity contribution is 8.20. The summed E-state index contributed by atoms with van der Waals surface area (Å²) in [6.45, 7) is 6.67. The van der Waals surface area contributed by atoms with Crippen LogP contribution < -0.4 is 18.9 Å². The number of fused-ring (bicyclic) bond motifs is 1. The summed E-state index contributed by atoms with van der Waals surface area (Å²) in [5.41, 5.74) is 7.28. The quantitative estimate of drug-likeness (QED) is 0.374. The largest absolute Gasteiger partial charge is 0.347 e. The highest BCUT2D eigenvalue weighted by Crippen LogP contribution is 2.49. The molecule has 0 spiro atoms. The number of para-hydroxylation sites is 1. The molecule has 2 aliphatic rings. The predicted octanol–water partition coefficient (Wildman–Crippen LogP) is 4.93. The average molecular weight is 574 g/mol. The normalized spacial score (nSPS) is 19.9. The van der Waals surface area contributed by atoms with Crippen LogP contribution in [0.3, 0.4) is 0 Å². The monoisotopic (exact) mass is 573 g/mol. The Labute approximate surface area is 240 Å². The van der Waals surface area contributed by atoms with Crippen molar-refractivity contribution in [3.63, 3.8) is 0 Å². The Hall–Kier alpha value is -3.23. The van der Waals surface area contributed by atoms with Crippen molar-refractivity contribution >= 4 is 26.2 Å². The number of halogens is 1. The van der Waals surface area contributed by atoms with E-state index in [1.165, 1.54) is 22.5 Å². The zero-order chi connectivity index (χ0) is 28.5. The molecule has 0 bridgehead atoms. The van der Waals surface area contributed by atoms with E-state index in [1.54, 1.807) is 0 Å². The maximum Gasteiger partial charge on any atom is 0.148 e. The van der Waals surface area contributed by atoms with Gasteiger partial charge < -0.3 is 4.90 Å². The predicted molar refractivity (Wildman–Crippen MR) is 156 cm³/mol. The van der Waals surface area contributed by atoms with Gasteiger partial charge in [-0.05, 0) is 52.5 Å². The SMILES string of the molecule is CCC(C=CC1=CC(c2ccccc2)=S(O[Cl+3]([O-])([O-])[O-])C(c2ccccc2)=C1)=C1N(C)c2ccccc2C1(C)C. The van der Waals surface area contributed by atoms with E-state index in [0.717, 1.165) is 23.1 Å². The van der Waals surface area contributed by atoms with Gasteiger partial charge in [-0.1, -0.05) is 112 Å². The summed E-state index contributed by atoms with van der Waals surface area (Å²) in [5, 5.41) is 0. The van der Waals surface area contributed by atoms with Crippen molar-refractivity contribution in [2.75, 3.05) is 11.9 Å². The number of allylic oxidation sites excluding steroid dienone is 7. The summed E-state index contributed by atoms with van der Waals surface area (Å²) in [5.74, 6) is 0. The van der Waals surface area contributed by atoms with Crippen LogP contribution in [0.5, 0.6) is 0 Å². The molecular weight excluding hydrogens is 542 g/mol. The second-order valence-electron chi connectivity index (χ2n) is 10.2. The number of nitrogens with zero attached hydrogens (tertiary/aromatic N) is 1. The minimum Gasteiger partial charge on any atom is -0.347 e. The first-order chi connectivity index (χ1) is 19.1. The second kappa shape index (κ2) is 11.3. The van der Waals surface area contributed by atoms with Crippen LogP contribution >= 0.6 is 10.8 Å². The lowest BCUT2D eigenvalue weighted by molar-refractivity contribution is -1.91. The maximum atomic E-state index is 11.8. The molecule has 0 amide bonds. The lowest BCUT2D eigenvalue weighted by atomic mass is 9.81. The van der Waals surface area contributed by atoms with E-state index < -0.39 is 21.0 Å². The van der Waals surface area contributed by atoms with Crippen molar-refractivity contribution in [1.29, 1.82) is 0 Å². The second-order valence-corrected chi connectivity index (χ2v) is 12.9. The fourth-order valence-corrected chi connectivity index (χ4v) is 8.12. The summed E-state index contributed by atoms with van der Waals surface area (Å²) in [6.07, 6.45) is 8.89. The molecule has 3 aromatic carbocycles. The van der Waals surface area contributed by atoms with E-state index >= 15 is 0 Å². The molecule has 206 valence electrons. The van der Waals surface area contributed by atoms with Crippen molar-refractivity contribution in [1.82, 2.24) is 0 Å². The number of anilines is 1. The molecule has 0 N–H and O–H groups in total. The Kier molecular flexibility index (Phi) is 8.02.